The van der Waals surface area contributed by atoms with Crippen LogP contribution in [0.5, 0.6) is 5.75 Å². The summed E-state index contributed by atoms with van der Waals surface area (Å²) in [5, 5.41) is 3.24. The number of anilines is 1. The maximum absolute atomic E-state index is 12.9. The lowest BCUT2D eigenvalue weighted by atomic mass is 10.1. The van der Waals surface area contributed by atoms with E-state index in [4.69, 9.17) is 4.74 Å². The van der Waals surface area contributed by atoms with Crippen LogP contribution in [0.4, 0.5) is 5.69 Å². The van der Waals surface area contributed by atoms with Gasteiger partial charge in [0.15, 0.2) is 6.29 Å². The fourth-order valence-electron chi connectivity index (χ4n) is 3.23. The number of ether oxygens (including phenoxy) is 1. The third kappa shape index (κ3) is 4.31. The molecular formula is C23H24N2O3. The van der Waals surface area contributed by atoms with Crippen molar-refractivity contribution >= 4 is 12.0 Å². The van der Waals surface area contributed by atoms with E-state index in [1.165, 1.54) is 5.56 Å². The van der Waals surface area contributed by atoms with Gasteiger partial charge in [-0.2, -0.15) is 0 Å². The molecule has 0 aliphatic carbocycles. The molecule has 1 N–H and O–H groups in total. The number of hydrogen-bond donors (Lipinski definition) is 1. The molecule has 0 amide bonds. The average molecular weight is 376 g/mol. The maximum atomic E-state index is 12.9. The number of aldehydes is 1. The zero-order chi connectivity index (χ0) is 19.9. The number of rotatable bonds is 8. The van der Waals surface area contributed by atoms with Crippen molar-refractivity contribution in [1.82, 2.24) is 4.57 Å². The highest BCUT2D eigenvalue weighted by atomic mass is 16.5. The number of carbonyl (C=O) groups excluding carboxylic acids is 1. The predicted molar refractivity (Wildman–Crippen MR) is 112 cm³/mol. The Kier molecular flexibility index (Phi) is 6.27. The van der Waals surface area contributed by atoms with Crippen LogP contribution in [0.3, 0.4) is 0 Å². The van der Waals surface area contributed by atoms with E-state index in [-0.39, 0.29) is 11.1 Å². The number of nitrogens with one attached hydrogen (secondary N) is 1. The first-order valence-electron chi connectivity index (χ1n) is 9.23. The van der Waals surface area contributed by atoms with Crippen LogP contribution in [0.1, 0.15) is 27.2 Å². The van der Waals surface area contributed by atoms with E-state index in [1.54, 1.807) is 11.7 Å². The highest BCUT2D eigenvalue weighted by molar-refractivity contribution is 5.83. The van der Waals surface area contributed by atoms with Crippen LogP contribution in [0, 0.1) is 6.92 Å². The molecule has 0 fully saturated rings. The molecule has 2 aromatic carbocycles. The van der Waals surface area contributed by atoms with E-state index in [1.807, 2.05) is 55.5 Å². The van der Waals surface area contributed by atoms with E-state index < -0.39 is 0 Å². The lowest BCUT2D eigenvalue weighted by molar-refractivity contribution is 0.112. The second-order valence-corrected chi connectivity index (χ2v) is 6.60. The molecule has 5 heteroatoms. The maximum Gasteiger partial charge on any atom is 0.263 e. The molecular weight excluding hydrogens is 352 g/mol. The number of carbonyl (C=O) groups is 1. The number of hydrogen-bond acceptors (Lipinski definition) is 4. The number of aromatic nitrogens is 1. The van der Waals surface area contributed by atoms with E-state index >= 15 is 0 Å². The van der Waals surface area contributed by atoms with Crippen molar-refractivity contribution < 1.29 is 9.53 Å². The molecule has 3 rings (SSSR count). The second kappa shape index (κ2) is 9.04. The first-order valence-corrected chi connectivity index (χ1v) is 9.23. The number of para-hydroxylation sites is 1. The molecule has 0 bridgehead atoms. The SMILES string of the molecule is COc1ccccc1Cn1c(C)cc(NCCc2ccccc2)c(C=O)c1=O. The number of aryl methyl sites for hydroxylation is 1. The topological polar surface area (TPSA) is 60.3 Å². The number of benzene rings is 2. The lowest BCUT2D eigenvalue weighted by Gasteiger charge is -2.16. The largest absolute Gasteiger partial charge is 0.496 e. The minimum Gasteiger partial charge on any atom is -0.496 e. The minimum absolute atomic E-state index is 0.147. The molecule has 0 atom stereocenters. The van der Waals surface area contributed by atoms with Crippen molar-refractivity contribution in [3.05, 3.63) is 93.4 Å². The summed E-state index contributed by atoms with van der Waals surface area (Å²) in [5.41, 5.74) is 3.28. The molecule has 0 saturated carbocycles. The van der Waals surface area contributed by atoms with Crippen LogP contribution in [0.15, 0.2) is 65.5 Å². The summed E-state index contributed by atoms with van der Waals surface area (Å²) < 4.78 is 6.98. The monoisotopic (exact) mass is 376 g/mol. The van der Waals surface area contributed by atoms with Gasteiger partial charge >= 0.3 is 0 Å². The molecule has 1 heterocycles. The van der Waals surface area contributed by atoms with Crippen LogP contribution in [0.25, 0.3) is 0 Å². The minimum atomic E-state index is -0.303. The fraction of sp³-hybridized carbons (Fsp3) is 0.217. The van der Waals surface area contributed by atoms with Gasteiger partial charge in [0.1, 0.15) is 11.3 Å². The Hall–Kier alpha value is -3.34. The summed E-state index contributed by atoms with van der Waals surface area (Å²) in [6, 6.07) is 19.5. The molecule has 0 unspecified atom stereocenters. The van der Waals surface area contributed by atoms with E-state index in [9.17, 15) is 9.59 Å². The van der Waals surface area contributed by atoms with Gasteiger partial charge in [-0.3, -0.25) is 9.59 Å². The number of methoxy groups -OCH3 is 1. The zero-order valence-electron chi connectivity index (χ0n) is 16.1. The van der Waals surface area contributed by atoms with Gasteiger partial charge in [0.2, 0.25) is 0 Å². The molecule has 0 saturated heterocycles. The van der Waals surface area contributed by atoms with Crippen molar-refractivity contribution in [1.29, 1.82) is 0 Å². The Bertz CT molecular complexity index is 1010. The van der Waals surface area contributed by atoms with Crippen LogP contribution in [0.2, 0.25) is 0 Å². The quantitative estimate of drug-likeness (QED) is 0.609. The first-order chi connectivity index (χ1) is 13.6. The van der Waals surface area contributed by atoms with Crippen LogP contribution in [-0.4, -0.2) is 24.5 Å². The van der Waals surface area contributed by atoms with Gasteiger partial charge in [0.25, 0.3) is 5.56 Å². The summed E-state index contributed by atoms with van der Waals surface area (Å²) in [5.74, 6) is 0.714. The predicted octanol–water partition coefficient (Wildman–Crippen LogP) is 3.68. The van der Waals surface area contributed by atoms with Gasteiger partial charge < -0.3 is 14.6 Å². The van der Waals surface area contributed by atoms with Gasteiger partial charge in [0.05, 0.1) is 19.3 Å². The Balaban J connectivity index is 1.84. The molecule has 0 spiro atoms. The highest BCUT2D eigenvalue weighted by Crippen LogP contribution is 2.20. The molecule has 28 heavy (non-hydrogen) atoms. The number of nitrogens with zero attached hydrogens (tertiary/aromatic N) is 1. The smallest absolute Gasteiger partial charge is 0.263 e. The fourth-order valence-corrected chi connectivity index (χ4v) is 3.23. The summed E-state index contributed by atoms with van der Waals surface area (Å²) in [6.45, 7) is 2.86. The summed E-state index contributed by atoms with van der Waals surface area (Å²) in [4.78, 5) is 24.6. The Morgan fingerprint density at radius 1 is 1.07 bits per heavy atom. The molecule has 144 valence electrons. The van der Waals surface area contributed by atoms with Crippen LogP contribution >= 0.6 is 0 Å². The summed E-state index contributed by atoms with van der Waals surface area (Å²) in [7, 11) is 1.60. The Morgan fingerprint density at radius 2 is 1.79 bits per heavy atom. The Morgan fingerprint density at radius 3 is 2.50 bits per heavy atom. The van der Waals surface area contributed by atoms with Gasteiger partial charge in [-0.1, -0.05) is 48.5 Å². The third-order valence-electron chi connectivity index (χ3n) is 4.76. The Labute approximate surface area is 164 Å². The molecule has 0 aliphatic rings. The van der Waals surface area contributed by atoms with Crippen molar-refractivity contribution in [2.45, 2.75) is 19.9 Å². The van der Waals surface area contributed by atoms with E-state index in [0.29, 0.717) is 30.8 Å². The van der Waals surface area contributed by atoms with Crippen molar-refractivity contribution in [2.75, 3.05) is 19.0 Å². The second-order valence-electron chi connectivity index (χ2n) is 6.60. The van der Waals surface area contributed by atoms with Gasteiger partial charge in [-0.15, -0.1) is 0 Å². The van der Waals surface area contributed by atoms with E-state index in [2.05, 4.69) is 17.4 Å². The highest BCUT2D eigenvalue weighted by Gasteiger charge is 2.14. The summed E-state index contributed by atoms with van der Waals surface area (Å²) >= 11 is 0. The molecule has 5 nitrogen and oxygen atoms in total. The zero-order valence-corrected chi connectivity index (χ0v) is 16.1. The van der Waals surface area contributed by atoms with Gasteiger partial charge in [0, 0.05) is 17.8 Å². The third-order valence-corrected chi connectivity index (χ3v) is 4.76. The molecule has 3 aromatic rings. The van der Waals surface area contributed by atoms with Crippen molar-refractivity contribution in [3.63, 3.8) is 0 Å². The molecule has 0 aliphatic heterocycles. The van der Waals surface area contributed by atoms with E-state index in [0.717, 1.165) is 17.7 Å². The van der Waals surface area contributed by atoms with Crippen molar-refractivity contribution in [2.24, 2.45) is 0 Å². The average Bonchev–Trinajstić information content (AvgIpc) is 2.72. The van der Waals surface area contributed by atoms with Crippen LogP contribution in [-0.2, 0) is 13.0 Å². The van der Waals surface area contributed by atoms with Gasteiger partial charge in [-0.25, -0.2) is 0 Å². The summed E-state index contributed by atoms with van der Waals surface area (Å²) in [6.07, 6.45) is 1.44. The van der Waals surface area contributed by atoms with Crippen molar-refractivity contribution in [3.8, 4) is 5.75 Å². The molecule has 1 aromatic heterocycles. The number of pyridine rings is 1. The standard InChI is InChI=1S/C23H24N2O3/c1-17-14-21(24-13-12-18-8-4-3-5-9-18)20(16-26)23(27)25(17)15-19-10-6-7-11-22(19)28-2/h3-11,14,16,24H,12-13,15H2,1-2H3. The normalized spacial score (nSPS) is 10.5. The first kappa shape index (κ1) is 19.4. The van der Waals surface area contributed by atoms with Crippen LogP contribution < -0.4 is 15.6 Å². The van der Waals surface area contributed by atoms with Gasteiger partial charge in [-0.05, 0) is 31.0 Å². The lowest BCUT2D eigenvalue weighted by Crippen LogP contribution is -2.28. The molecule has 0 radical (unpaired) electrons.